The fourth-order valence-corrected chi connectivity index (χ4v) is 4.44. The third-order valence-electron chi connectivity index (χ3n) is 5.49. The molecule has 0 heterocycles. The first-order chi connectivity index (χ1) is 17.0. The second-order valence-corrected chi connectivity index (χ2v) is 11.1. The van der Waals surface area contributed by atoms with Gasteiger partial charge in [0.1, 0.15) is 11.8 Å². The first-order valence-corrected chi connectivity index (χ1v) is 13.0. The number of amides is 2. The van der Waals surface area contributed by atoms with Crippen LogP contribution in [0.5, 0.6) is 5.75 Å². The van der Waals surface area contributed by atoms with Gasteiger partial charge in [-0.25, -0.2) is 0 Å². The van der Waals surface area contributed by atoms with Gasteiger partial charge in [-0.1, -0.05) is 87.7 Å². The molecule has 0 aliphatic rings. The van der Waals surface area contributed by atoms with Gasteiger partial charge in [0.2, 0.25) is 5.91 Å². The monoisotopic (exact) mass is 570 g/mol. The molecule has 0 radical (unpaired) electrons. The zero-order valence-electron chi connectivity index (χ0n) is 21.1. The Balaban J connectivity index is 1.93. The lowest BCUT2D eigenvalue weighted by Crippen LogP contribution is -2.55. The molecule has 0 bridgehead atoms. The van der Waals surface area contributed by atoms with Crippen molar-refractivity contribution in [2.75, 3.05) is 6.61 Å². The molecule has 0 aliphatic heterocycles. The molecule has 0 aromatic heterocycles. The number of ether oxygens (including phenoxy) is 1. The topological polar surface area (TPSA) is 58.6 Å². The number of halogens is 2. The van der Waals surface area contributed by atoms with Crippen LogP contribution in [0.1, 0.15) is 37.5 Å². The quantitative estimate of drug-likeness (QED) is 0.326. The number of aryl methyl sites for hydroxylation is 1. The zero-order chi connectivity index (χ0) is 26.3. The first-order valence-electron chi connectivity index (χ1n) is 11.8. The van der Waals surface area contributed by atoms with Crippen molar-refractivity contribution in [2.45, 2.75) is 52.2 Å². The molecule has 0 fully saturated rings. The van der Waals surface area contributed by atoms with E-state index in [4.69, 9.17) is 16.3 Å². The summed E-state index contributed by atoms with van der Waals surface area (Å²) in [6.45, 7) is 7.81. The van der Waals surface area contributed by atoms with Gasteiger partial charge >= 0.3 is 0 Å². The lowest BCUT2D eigenvalue weighted by atomic mass is 10.0. The van der Waals surface area contributed by atoms with E-state index in [0.29, 0.717) is 17.2 Å². The molecule has 0 spiro atoms. The minimum absolute atomic E-state index is 0.214. The number of carbonyl (C=O) groups excluding carboxylic acids is 2. The van der Waals surface area contributed by atoms with E-state index in [1.165, 1.54) is 0 Å². The fourth-order valence-electron chi connectivity index (χ4n) is 3.71. The molecule has 0 saturated heterocycles. The summed E-state index contributed by atoms with van der Waals surface area (Å²) in [6, 6.07) is 22.1. The molecular formula is C29H32BrClN2O3. The predicted molar refractivity (Wildman–Crippen MR) is 148 cm³/mol. The summed E-state index contributed by atoms with van der Waals surface area (Å²) < 4.78 is 6.61. The molecule has 190 valence electrons. The third-order valence-corrected chi connectivity index (χ3v) is 6.28. The van der Waals surface area contributed by atoms with Crippen LogP contribution in [-0.4, -0.2) is 34.9 Å². The van der Waals surface area contributed by atoms with Gasteiger partial charge in [0, 0.05) is 23.0 Å². The SMILES string of the molecule is Cc1ccc(CN(C(=O)COc2ccc(Br)cc2Cl)[C@@H](Cc2ccccc2)C(=O)NC(C)(C)C)cc1. The van der Waals surface area contributed by atoms with E-state index in [2.05, 4.69) is 21.2 Å². The number of benzene rings is 3. The van der Waals surface area contributed by atoms with E-state index < -0.39 is 11.6 Å². The Hall–Kier alpha value is -2.83. The molecule has 0 aliphatic carbocycles. The third kappa shape index (κ3) is 8.38. The minimum atomic E-state index is -0.732. The summed E-state index contributed by atoms with van der Waals surface area (Å²) in [5, 5.41) is 3.46. The normalized spacial score (nSPS) is 12.1. The molecule has 0 unspecified atom stereocenters. The van der Waals surface area contributed by atoms with Crippen molar-refractivity contribution >= 4 is 39.3 Å². The fraction of sp³-hybridized carbons (Fsp3) is 0.310. The predicted octanol–water partition coefficient (Wildman–Crippen LogP) is 6.34. The van der Waals surface area contributed by atoms with E-state index in [9.17, 15) is 9.59 Å². The van der Waals surface area contributed by atoms with Gasteiger partial charge < -0.3 is 15.0 Å². The van der Waals surface area contributed by atoms with E-state index >= 15 is 0 Å². The first kappa shape index (κ1) is 27.8. The van der Waals surface area contributed by atoms with Gasteiger partial charge in [0.15, 0.2) is 6.61 Å². The van der Waals surface area contributed by atoms with Crippen LogP contribution >= 0.6 is 27.5 Å². The van der Waals surface area contributed by atoms with Crippen LogP contribution in [-0.2, 0) is 22.6 Å². The number of hydrogen-bond acceptors (Lipinski definition) is 3. The molecule has 36 heavy (non-hydrogen) atoms. The Morgan fingerprint density at radius 3 is 2.28 bits per heavy atom. The van der Waals surface area contributed by atoms with E-state index in [0.717, 1.165) is 21.2 Å². The Labute approximate surface area is 226 Å². The van der Waals surface area contributed by atoms with Gasteiger partial charge in [-0.2, -0.15) is 0 Å². The van der Waals surface area contributed by atoms with E-state index in [1.54, 1.807) is 23.1 Å². The Kier molecular flexibility index (Phi) is 9.57. The van der Waals surface area contributed by atoms with Crippen molar-refractivity contribution in [1.29, 1.82) is 0 Å². The van der Waals surface area contributed by atoms with Crippen LogP contribution in [0.3, 0.4) is 0 Å². The summed E-state index contributed by atoms with van der Waals surface area (Å²) in [4.78, 5) is 28.8. The lowest BCUT2D eigenvalue weighted by Gasteiger charge is -2.33. The van der Waals surface area contributed by atoms with E-state index in [1.807, 2.05) is 82.3 Å². The van der Waals surface area contributed by atoms with Gasteiger partial charge in [0.25, 0.3) is 5.91 Å². The highest BCUT2D eigenvalue weighted by molar-refractivity contribution is 9.10. The van der Waals surface area contributed by atoms with Crippen LogP contribution in [0.25, 0.3) is 0 Å². The van der Waals surface area contributed by atoms with E-state index in [-0.39, 0.29) is 25.0 Å². The lowest BCUT2D eigenvalue weighted by molar-refractivity contribution is -0.143. The van der Waals surface area contributed by atoms with Gasteiger partial charge in [-0.3, -0.25) is 9.59 Å². The molecule has 7 heteroatoms. The maximum Gasteiger partial charge on any atom is 0.261 e. The standard InChI is InChI=1S/C29H32BrClN2O3/c1-20-10-12-22(13-11-20)18-33(27(34)19-36-26-15-14-23(30)17-24(26)31)25(28(35)32-29(2,3)4)16-21-8-6-5-7-9-21/h5-15,17,25H,16,18-19H2,1-4H3,(H,32,35)/t25-/m0/s1. The van der Waals surface area contributed by atoms with Crippen LogP contribution in [0, 0.1) is 6.92 Å². The van der Waals surface area contributed by atoms with Crippen molar-refractivity contribution in [2.24, 2.45) is 0 Å². The number of nitrogens with zero attached hydrogens (tertiary/aromatic N) is 1. The smallest absolute Gasteiger partial charge is 0.261 e. The summed E-state index contributed by atoms with van der Waals surface area (Å²) in [6.07, 6.45) is 0.374. The number of hydrogen-bond donors (Lipinski definition) is 1. The number of nitrogens with one attached hydrogen (secondary N) is 1. The largest absolute Gasteiger partial charge is 0.482 e. The highest BCUT2D eigenvalue weighted by Gasteiger charge is 2.32. The molecule has 1 atom stereocenters. The second kappa shape index (κ2) is 12.4. The molecule has 1 N–H and O–H groups in total. The Bertz CT molecular complexity index is 1180. The van der Waals surface area contributed by atoms with Crippen molar-refractivity contribution in [3.05, 3.63) is 99.0 Å². The second-order valence-electron chi connectivity index (χ2n) is 9.82. The number of rotatable bonds is 9. The highest BCUT2D eigenvalue weighted by atomic mass is 79.9. The van der Waals surface area contributed by atoms with Crippen LogP contribution in [0.15, 0.2) is 77.3 Å². The molecular weight excluding hydrogens is 540 g/mol. The Morgan fingerprint density at radius 1 is 1.00 bits per heavy atom. The summed E-state index contributed by atoms with van der Waals surface area (Å²) >= 11 is 9.66. The van der Waals surface area contributed by atoms with Crippen molar-refractivity contribution < 1.29 is 14.3 Å². The maximum atomic E-state index is 13.6. The van der Waals surface area contributed by atoms with Gasteiger partial charge in [0.05, 0.1) is 5.02 Å². The van der Waals surface area contributed by atoms with Crippen LogP contribution in [0.2, 0.25) is 5.02 Å². The molecule has 5 nitrogen and oxygen atoms in total. The van der Waals surface area contributed by atoms with Crippen molar-refractivity contribution in [3.8, 4) is 5.75 Å². The summed E-state index contributed by atoms with van der Waals surface area (Å²) in [7, 11) is 0. The molecule has 3 aromatic rings. The van der Waals surface area contributed by atoms with Crippen molar-refractivity contribution in [1.82, 2.24) is 10.2 Å². The van der Waals surface area contributed by atoms with Gasteiger partial charge in [-0.15, -0.1) is 0 Å². The van der Waals surface area contributed by atoms with Gasteiger partial charge in [-0.05, 0) is 57.0 Å². The molecule has 3 rings (SSSR count). The average Bonchev–Trinajstić information content (AvgIpc) is 2.81. The number of carbonyl (C=O) groups is 2. The summed E-state index contributed by atoms with van der Waals surface area (Å²) in [5.41, 5.74) is 2.56. The highest BCUT2D eigenvalue weighted by Crippen LogP contribution is 2.28. The molecule has 2 amide bonds. The average molecular weight is 572 g/mol. The maximum absolute atomic E-state index is 13.6. The Morgan fingerprint density at radius 2 is 1.67 bits per heavy atom. The zero-order valence-corrected chi connectivity index (χ0v) is 23.4. The van der Waals surface area contributed by atoms with Crippen LogP contribution in [0.4, 0.5) is 0 Å². The van der Waals surface area contributed by atoms with Crippen LogP contribution < -0.4 is 10.1 Å². The molecule has 3 aromatic carbocycles. The molecule has 0 saturated carbocycles. The van der Waals surface area contributed by atoms with Crippen molar-refractivity contribution in [3.63, 3.8) is 0 Å². The summed E-state index contributed by atoms with van der Waals surface area (Å²) in [5.74, 6) is -0.115. The minimum Gasteiger partial charge on any atom is -0.482 e.